The van der Waals surface area contributed by atoms with Crippen molar-refractivity contribution in [3.05, 3.63) is 48.6 Å². The number of carbonyl (C=O) groups excluding carboxylic acids is 1. The number of ether oxygens (including phenoxy) is 6. The highest BCUT2D eigenvalue weighted by Gasteiger charge is 2.47. The molecule has 14 heteroatoms. The van der Waals surface area contributed by atoms with Crippen LogP contribution in [0.4, 0.5) is 0 Å². The molecule has 0 saturated carbocycles. The van der Waals surface area contributed by atoms with Gasteiger partial charge in [0, 0.05) is 13.0 Å². The summed E-state index contributed by atoms with van der Waals surface area (Å²) >= 11 is 0. The summed E-state index contributed by atoms with van der Waals surface area (Å²) in [4.78, 5) is 13.0. The molecule has 0 radical (unpaired) electrons. The summed E-state index contributed by atoms with van der Waals surface area (Å²) in [6.45, 7) is 3.57. The van der Waals surface area contributed by atoms with E-state index in [0.717, 1.165) is 70.6 Å². The highest BCUT2D eigenvalue weighted by molar-refractivity contribution is 5.69. The normalized spacial score (nSPS) is 25.3. The Morgan fingerprint density at radius 1 is 0.466 bits per heavy atom. The summed E-state index contributed by atoms with van der Waals surface area (Å²) in [5.74, 6) is -0.392. The second-order valence-corrected chi connectivity index (χ2v) is 20.4. The molecule has 0 aromatic rings. The molecular formula is C59H106O14. The van der Waals surface area contributed by atoms with E-state index >= 15 is 0 Å². The Kier molecular flexibility index (Phi) is 42.3. The van der Waals surface area contributed by atoms with Crippen molar-refractivity contribution in [1.82, 2.24) is 0 Å². The Morgan fingerprint density at radius 2 is 0.890 bits per heavy atom. The van der Waals surface area contributed by atoms with Crippen molar-refractivity contribution in [1.29, 1.82) is 0 Å². The number of rotatable bonds is 47. The molecule has 0 aliphatic carbocycles. The van der Waals surface area contributed by atoms with Crippen LogP contribution in [0.2, 0.25) is 0 Å². The largest absolute Gasteiger partial charge is 0.457 e. The molecule has 0 spiro atoms. The van der Waals surface area contributed by atoms with Crippen LogP contribution >= 0.6 is 0 Å². The van der Waals surface area contributed by atoms with Gasteiger partial charge in [0.15, 0.2) is 12.6 Å². The fourth-order valence-corrected chi connectivity index (χ4v) is 9.12. The van der Waals surface area contributed by atoms with Gasteiger partial charge in [0.1, 0.15) is 54.9 Å². The maximum absolute atomic E-state index is 13.0. The van der Waals surface area contributed by atoms with Crippen LogP contribution in [-0.4, -0.2) is 142 Å². The first kappa shape index (κ1) is 67.1. The van der Waals surface area contributed by atoms with Gasteiger partial charge in [-0.05, 0) is 70.6 Å². The van der Waals surface area contributed by atoms with Crippen molar-refractivity contribution in [3.63, 3.8) is 0 Å². The lowest BCUT2D eigenvalue weighted by molar-refractivity contribution is -0.332. The Bertz CT molecular complexity index is 1390. The van der Waals surface area contributed by atoms with Gasteiger partial charge in [-0.3, -0.25) is 4.79 Å². The number of esters is 1. The summed E-state index contributed by atoms with van der Waals surface area (Å²) in [6, 6.07) is 0. The number of aliphatic hydroxyl groups excluding tert-OH is 7. The zero-order valence-electron chi connectivity index (χ0n) is 45.6. The predicted octanol–water partition coefficient (Wildman–Crippen LogP) is 10.3. The molecule has 0 aromatic heterocycles. The van der Waals surface area contributed by atoms with E-state index in [1.54, 1.807) is 0 Å². The van der Waals surface area contributed by atoms with Crippen molar-refractivity contribution in [2.75, 3.05) is 33.0 Å². The Hall–Kier alpha value is -2.05. The molecule has 0 aromatic carbocycles. The maximum atomic E-state index is 13.0. The van der Waals surface area contributed by atoms with Crippen LogP contribution in [0.15, 0.2) is 48.6 Å². The first-order valence-corrected chi connectivity index (χ1v) is 29.2. The minimum atomic E-state index is -1.71. The van der Waals surface area contributed by atoms with Crippen molar-refractivity contribution < 1.29 is 69.0 Å². The molecule has 11 atom stereocenters. The van der Waals surface area contributed by atoms with Gasteiger partial charge < -0.3 is 64.2 Å². The van der Waals surface area contributed by atoms with E-state index in [9.17, 15) is 40.5 Å². The lowest BCUT2D eigenvalue weighted by Crippen LogP contribution is -2.61. The summed E-state index contributed by atoms with van der Waals surface area (Å²) in [7, 11) is 0. The van der Waals surface area contributed by atoms with Crippen LogP contribution in [0.25, 0.3) is 0 Å². The van der Waals surface area contributed by atoms with Crippen molar-refractivity contribution in [2.24, 2.45) is 0 Å². The van der Waals surface area contributed by atoms with Crippen molar-refractivity contribution in [2.45, 2.75) is 287 Å². The van der Waals surface area contributed by atoms with E-state index in [1.165, 1.54) is 122 Å². The molecular weight excluding hydrogens is 933 g/mol. The third-order valence-electron chi connectivity index (χ3n) is 13.8. The Morgan fingerprint density at radius 3 is 1.41 bits per heavy atom. The van der Waals surface area contributed by atoms with Crippen LogP contribution in [0.5, 0.6) is 0 Å². The molecule has 11 unspecified atom stereocenters. The van der Waals surface area contributed by atoms with E-state index in [4.69, 9.17) is 28.4 Å². The highest BCUT2D eigenvalue weighted by Crippen LogP contribution is 2.27. The summed E-state index contributed by atoms with van der Waals surface area (Å²) in [5, 5.41) is 72.3. The molecule has 0 bridgehead atoms. The minimum absolute atomic E-state index is 0.0542. The van der Waals surface area contributed by atoms with Crippen LogP contribution in [0, 0.1) is 0 Å². The van der Waals surface area contributed by atoms with Gasteiger partial charge >= 0.3 is 5.97 Å². The Balaban J connectivity index is 1.69. The van der Waals surface area contributed by atoms with Gasteiger partial charge in [-0.15, -0.1) is 0 Å². The number of unbranched alkanes of at least 4 members (excludes halogenated alkanes) is 25. The number of hydrogen-bond donors (Lipinski definition) is 7. The molecule has 2 rings (SSSR count). The summed E-state index contributed by atoms with van der Waals surface area (Å²) < 4.78 is 34.4. The molecule has 2 fully saturated rings. The van der Waals surface area contributed by atoms with Crippen molar-refractivity contribution >= 4 is 5.97 Å². The fraction of sp³-hybridized carbons (Fsp3) is 0.847. The van der Waals surface area contributed by atoms with E-state index in [-0.39, 0.29) is 19.6 Å². The molecule has 2 aliphatic heterocycles. The van der Waals surface area contributed by atoms with Crippen LogP contribution in [-0.2, 0) is 33.2 Å². The van der Waals surface area contributed by atoms with Gasteiger partial charge in [-0.2, -0.15) is 0 Å². The second-order valence-electron chi connectivity index (χ2n) is 20.4. The lowest BCUT2D eigenvalue weighted by atomic mass is 9.98. The fourth-order valence-electron chi connectivity index (χ4n) is 9.12. The average Bonchev–Trinajstić information content (AvgIpc) is 3.39. The average molecular weight is 1040 g/mol. The molecule has 2 saturated heterocycles. The third-order valence-corrected chi connectivity index (χ3v) is 13.8. The monoisotopic (exact) mass is 1040 g/mol. The highest BCUT2D eigenvalue weighted by atomic mass is 16.7. The topological polar surface area (TPSA) is 214 Å². The number of aliphatic hydroxyl groups is 7. The van der Waals surface area contributed by atoms with E-state index < -0.39 is 86.7 Å². The van der Waals surface area contributed by atoms with Gasteiger partial charge in [-0.1, -0.05) is 191 Å². The third kappa shape index (κ3) is 33.0. The number of hydrogen-bond acceptors (Lipinski definition) is 14. The molecule has 73 heavy (non-hydrogen) atoms. The molecule has 14 nitrogen and oxygen atoms in total. The first-order valence-electron chi connectivity index (χ1n) is 29.2. The van der Waals surface area contributed by atoms with Crippen LogP contribution in [0.1, 0.15) is 219 Å². The second kappa shape index (κ2) is 46.1. The molecule has 2 aliphatic rings. The molecule has 2 heterocycles. The SMILES string of the molecule is CC/C=C\C/C=C\C/C=C\CCCCCCCC(=O)OC(COCCCCCCCCCCCCCC/C=C\CCCCCCCCCC)COC1OC(COC2OC(CO)C(O)C(O)C2O)C(O)C(O)C1O. The minimum Gasteiger partial charge on any atom is -0.457 e. The van der Waals surface area contributed by atoms with E-state index in [1.807, 2.05) is 0 Å². The summed E-state index contributed by atoms with van der Waals surface area (Å²) in [6.07, 6.45) is 38.9. The smallest absolute Gasteiger partial charge is 0.306 e. The van der Waals surface area contributed by atoms with Gasteiger partial charge in [-0.25, -0.2) is 0 Å². The molecule has 426 valence electrons. The zero-order valence-corrected chi connectivity index (χ0v) is 45.6. The van der Waals surface area contributed by atoms with E-state index in [0.29, 0.717) is 13.0 Å². The molecule has 0 amide bonds. The standard InChI is InChI=1S/C59H106O14/c1-3-5-7-9-11-13-15-17-19-20-21-22-23-24-25-26-27-29-31-33-35-37-39-41-43-68-45-48(71-51(61)42-40-38-36-34-32-30-28-18-16-14-12-10-8-6-4-2)46-69-58-57(67)55(65)53(63)50(73-58)47-70-59-56(66)54(64)52(62)49(44-60)72-59/h6,8,12,14,18,20-21,28,48-50,52-60,62-67H,3-5,7,9-11,13,15-17,19,22-27,29-47H2,1-2H3/b8-6-,14-12-,21-20-,28-18-. The first-order chi connectivity index (χ1) is 35.6. The quantitative estimate of drug-likeness (QED) is 0.0172. The van der Waals surface area contributed by atoms with E-state index in [2.05, 4.69) is 62.5 Å². The molecule has 7 N–H and O–H groups in total. The Labute approximate surface area is 442 Å². The number of allylic oxidation sites excluding steroid dienone is 8. The van der Waals surface area contributed by atoms with Gasteiger partial charge in [0.05, 0.1) is 26.4 Å². The summed E-state index contributed by atoms with van der Waals surface area (Å²) in [5.41, 5.74) is 0. The maximum Gasteiger partial charge on any atom is 0.306 e. The predicted molar refractivity (Wildman–Crippen MR) is 289 cm³/mol. The number of carbonyl (C=O) groups is 1. The van der Waals surface area contributed by atoms with Crippen molar-refractivity contribution in [3.8, 4) is 0 Å². The van der Waals surface area contributed by atoms with Gasteiger partial charge in [0.2, 0.25) is 0 Å². The lowest BCUT2D eigenvalue weighted by Gasteiger charge is -2.42. The van der Waals surface area contributed by atoms with Crippen LogP contribution in [0.3, 0.4) is 0 Å². The van der Waals surface area contributed by atoms with Crippen LogP contribution < -0.4 is 0 Å². The van der Waals surface area contributed by atoms with Gasteiger partial charge in [0.25, 0.3) is 0 Å². The zero-order chi connectivity index (χ0) is 53.0.